The molecule has 0 aromatic carbocycles. The average molecular weight is 308 g/mol. The van der Waals surface area contributed by atoms with Gasteiger partial charge in [-0.1, -0.05) is 11.6 Å². The van der Waals surface area contributed by atoms with Crippen LogP contribution in [0, 0.1) is 0 Å². The average Bonchev–Trinajstić information content (AvgIpc) is 3.03. The Balaban J connectivity index is 1.74. The summed E-state index contributed by atoms with van der Waals surface area (Å²) in [5.41, 5.74) is 1.14. The van der Waals surface area contributed by atoms with Gasteiger partial charge in [0, 0.05) is 12.4 Å². The van der Waals surface area contributed by atoms with Gasteiger partial charge in [-0.25, -0.2) is 4.98 Å². The van der Waals surface area contributed by atoms with Crippen LogP contribution in [0.4, 0.5) is 0 Å². The molecule has 3 aromatic heterocycles. The predicted molar refractivity (Wildman–Crippen MR) is 77.4 cm³/mol. The molecule has 0 spiro atoms. The molecule has 5 nitrogen and oxygen atoms in total. The van der Waals surface area contributed by atoms with Crippen molar-refractivity contribution < 1.29 is 9.90 Å². The fraction of sp³-hybridized carbons (Fsp3) is 0.0769. The first-order valence-electron chi connectivity index (χ1n) is 5.82. The van der Waals surface area contributed by atoms with E-state index in [2.05, 4.69) is 10.3 Å². The Hall–Kier alpha value is -2.05. The van der Waals surface area contributed by atoms with Gasteiger partial charge in [-0.2, -0.15) is 0 Å². The number of hydrogen-bond acceptors (Lipinski definition) is 4. The fourth-order valence-corrected chi connectivity index (χ4v) is 2.79. The molecule has 0 atom stereocenters. The SMILES string of the molecule is O=C(NCc1cn2cccc(O)c2n1)c1ccc(Cl)s1. The molecule has 3 heterocycles. The van der Waals surface area contributed by atoms with E-state index in [0.717, 1.165) is 0 Å². The smallest absolute Gasteiger partial charge is 0.261 e. The molecule has 0 radical (unpaired) electrons. The lowest BCUT2D eigenvalue weighted by molar-refractivity contribution is 0.0954. The van der Waals surface area contributed by atoms with Gasteiger partial charge in [-0.05, 0) is 24.3 Å². The lowest BCUT2D eigenvalue weighted by Gasteiger charge is -1.99. The highest BCUT2D eigenvalue weighted by Gasteiger charge is 2.10. The van der Waals surface area contributed by atoms with Crippen LogP contribution in [0.3, 0.4) is 0 Å². The maximum Gasteiger partial charge on any atom is 0.261 e. The first kappa shape index (κ1) is 13.0. The van der Waals surface area contributed by atoms with E-state index in [0.29, 0.717) is 20.6 Å². The van der Waals surface area contributed by atoms with Crippen molar-refractivity contribution in [1.29, 1.82) is 0 Å². The topological polar surface area (TPSA) is 66.6 Å². The zero-order chi connectivity index (χ0) is 14.1. The summed E-state index contributed by atoms with van der Waals surface area (Å²) in [7, 11) is 0. The zero-order valence-electron chi connectivity index (χ0n) is 10.2. The van der Waals surface area contributed by atoms with Gasteiger partial charge in [0.25, 0.3) is 5.91 Å². The minimum Gasteiger partial charge on any atom is -0.504 e. The maximum atomic E-state index is 11.9. The van der Waals surface area contributed by atoms with Gasteiger partial charge >= 0.3 is 0 Å². The monoisotopic (exact) mass is 307 g/mol. The summed E-state index contributed by atoms with van der Waals surface area (Å²) in [5.74, 6) is -0.0849. The number of aromatic nitrogens is 2. The standard InChI is InChI=1S/C13H10ClN3O2S/c14-11-4-3-10(20-11)13(19)15-6-8-7-17-5-1-2-9(18)12(17)16-8/h1-5,7,18H,6H2,(H,15,19). The molecular weight excluding hydrogens is 298 g/mol. The Bertz CT molecular complexity index is 781. The number of rotatable bonds is 3. The predicted octanol–water partition coefficient (Wildman–Crippen LogP) is 2.68. The number of carbonyl (C=O) groups is 1. The number of fused-ring (bicyclic) bond motifs is 1. The Morgan fingerprint density at radius 2 is 2.30 bits per heavy atom. The Labute approximate surface area is 123 Å². The first-order valence-corrected chi connectivity index (χ1v) is 7.02. The van der Waals surface area contributed by atoms with Gasteiger partial charge in [-0.3, -0.25) is 4.79 Å². The van der Waals surface area contributed by atoms with Crippen molar-refractivity contribution >= 4 is 34.5 Å². The first-order chi connectivity index (χ1) is 9.63. The Morgan fingerprint density at radius 3 is 3.00 bits per heavy atom. The summed E-state index contributed by atoms with van der Waals surface area (Å²) < 4.78 is 2.28. The van der Waals surface area contributed by atoms with Gasteiger partial charge in [-0.15, -0.1) is 11.3 Å². The molecule has 102 valence electrons. The molecule has 0 unspecified atom stereocenters. The molecule has 0 saturated heterocycles. The van der Waals surface area contributed by atoms with Crippen molar-refractivity contribution in [2.24, 2.45) is 0 Å². The summed E-state index contributed by atoms with van der Waals surface area (Å²) >= 11 is 7.01. The lowest BCUT2D eigenvalue weighted by Crippen LogP contribution is -2.21. The number of amides is 1. The van der Waals surface area contributed by atoms with Crippen LogP contribution in [0.25, 0.3) is 5.65 Å². The van der Waals surface area contributed by atoms with Crippen molar-refractivity contribution in [3.63, 3.8) is 0 Å². The Kier molecular flexibility index (Phi) is 3.33. The molecule has 0 aliphatic carbocycles. The van der Waals surface area contributed by atoms with Crippen molar-refractivity contribution in [1.82, 2.24) is 14.7 Å². The largest absolute Gasteiger partial charge is 0.504 e. The van der Waals surface area contributed by atoms with E-state index in [1.54, 1.807) is 41.1 Å². The van der Waals surface area contributed by atoms with Crippen molar-refractivity contribution in [3.05, 3.63) is 51.6 Å². The van der Waals surface area contributed by atoms with Gasteiger partial charge in [0.05, 0.1) is 21.5 Å². The summed E-state index contributed by atoms with van der Waals surface area (Å²) in [6.07, 6.45) is 3.54. The van der Waals surface area contributed by atoms with E-state index in [1.165, 1.54) is 11.3 Å². The van der Waals surface area contributed by atoms with E-state index >= 15 is 0 Å². The van der Waals surface area contributed by atoms with E-state index < -0.39 is 0 Å². The van der Waals surface area contributed by atoms with Gasteiger partial charge < -0.3 is 14.8 Å². The summed E-state index contributed by atoms with van der Waals surface area (Å²) in [6.45, 7) is 0.287. The van der Waals surface area contributed by atoms with Crippen molar-refractivity contribution in [2.75, 3.05) is 0 Å². The summed E-state index contributed by atoms with van der Waals surface area (Å²) in [4.78, 5) is 16.7. The minimum atomic E-state index is -0.192. The number of nitrogens with zero attached hydrogens (tertiary/aromatic N) is 2. The third kappa shape index (κ3) is 2.48. The van der Waals surface area contributed by atoms with Crippen LogP contribution >= 0.6 is 22.9 Å². The Morgan fingerprint density at radius 1 is 1.45 bits per heavy atom. The van der Waals surface area contributed by atoms with E-state index in [-0.39, 0.29) is 18.2 Å². The van der Waals surface area contributed by atoms with Crippen LogP contribution in [0.2, 0.25) is 4.34 Å². The third-order valence-corrected chi connectivity index (χ3v) is 3.97. The van der Waals surface area contributed by atoms with Crippen LogP contribution < -0.4 is 5.32 Å². The molecule has 0 fully saturated rings. The lowest BCUT2D eigenvalue weighted by atomic mass is 10.4. The molecule has 2 N–H and O–H groups in total. The second-order valence-corrected chi connectivity index (χ2v) is 5.86. The zero-order valence-corrected chi connectivity index (χ0v) is 11.8. The van der Waals surface area contributed by atoms with Crippen molar-refractivity contribution in [3.8, 4) is 5.75 Å². The van der Waals surface area contributed by atoms with Crippen LogP contribution in [0.5, 0.6) is 5.75 Å². The van der Waals surface area contributed by atoms with Crippen molar-refractivity contribution in [2.45, 2.75) is 6.54 Å². The fourth-order valence-electron chi connectivity index (χ4n) is 1.83. The minimum absolute atomic E-state index is 0.107. The molecule has 0 saturated carbocycles. The second-order valence-electron chi connectivity index (χ2n) is 4.14. The molecule has 3 aromatic rings. The molecule has 1 amide bonds. The number of thiophene rings is 1. The van der Waals surface area contributed by atoms with Gasteiger partial charge in [0.15, 0.2) is 11.4 Å². The normalized spacial score (nSPS) is 10.8. The second kappa shape index (κ2) is 5.15. The molecule has 7 heteroatoms. The number of pyridine rings is 1. The highest BCUT2D eigenvalue weighted by molar-refractivity contribution is 7.17. The molecule has 0 aliphatic heterocycles. The maximum absolute atomic E-state index is 11.9. The van der Waals surface area contributed by atoms with Crippen LogP contribution in [-0.2, 0) is 6.54 Å². The molecule has 3 rings (SSSR count). The number of aromatic hydroxyl groups is 1. The molecule has 0 bridgehead atoms. The number of halogens is 1. The number of imidazole rings is 1. The summed E-state index contributed by atoms with van der Waals surface area (Å²) in [6, 6.07) is 6.65. The number of carbonyl (C=O) groups excluding carboxylic acids is 1. The van der Waals surface area contributed by atoms with Gasteiger partial charge in [0.2, 0.25) is 0 Å². The highest BCUT2D eigenvalue weighted by atomic mass is 35.5. The van der Waals surface area contributed by atoms with E-state index in [1.807, 2.05) is 0 Å². The molecular formula is C13H10ClN3O2S. The molecule has 0 aliphatic rings. The van der Waals surface area contributed by atoms with Crippen LogP contribution in [-0.4, -0.2) is 20.4 Å². The summed E-state index contributed by atoms with van der Waals surface area (Å²) in [5, 5.41) is 12.4. The number of nitrogens with one attached hydrogen (secondary N) is 1. The van der Waals surface area contributed by atoms with Gasteiger partial charge in [0.1, 0.15) is 0 Å². The third-order valence-electron chi connectivity index (χ3n) is 2.74. The van der Waals surface area contributed by atoms with Crippen LogP contribution in [0.15, 0.2) is 36.7 Å². The quantitative estimate of drug-likeness (QED) is 0.782. The highest BCUT2D eigenvalue weighted by Crippen LogP contribution is 2.21. The number of hydrogen-bond donors (Lipinski definition) is 2. The van der Waals surface area contributed by atoms with Crippen LogP contribution in [0.1, 0.15) is 15.4 Å². The van der Waals surface area contributed by atoms with E-state index in [4.69, 9.17) is 11.6 Å². The van der Waals surface area contributed by atoms with E-state index in [9.17, 15) is 9.90 Å². The molecule has 20 heavy (non-hydrogen) atoms.